The molecule has 2 aromatic carbocycles. The molecule has 1 amide bonds. The largest absolute Gasteiger partial charge is 0.493 e. The number of methoxy groups -OCH3 is 2. The predicted octanol–water partition coefficient (Wildman–Crippen LogP) is 4.47. The molecule has 0 aliphatic carbocycles. The van der Waals surface area contributed by atoms with Crippen molar-refractivity contribution in [2.24, 2.45) is 0 Å². The second-order valence-electron chi connectivity index (χ2n) is 5.96. The molecule has 0 saturated carbocycles. The van der Waals surface area contributed by atoms with Gasteiger partial charge in [-0.3, -0.25) is 4.79 Å². The Labute approximate surface area is 155 Å². The van der Waals surface area contributed by atoms with Crippen LogP contribution in [-0.4, -0.2) is 26.2 Å². The molecule has 5 nitrogen and oxygen atoms in total. The lowest BCUT2D eigenvalue weighted by Gasteiger charge is -2.19. The minimum atomic E-state index is -4.47. The first kappa shape index (κ1) is 20.4. The van der Waals surface area contributed by atoms with Gasteiger partial charge in [-0.15, -0.1) is 0 Å². The van der Waals surface area contributed by atoms with Crippen LogP contribution >= 0.6 is 0 Å². The van der Waals surface area contributed by atoms with Gasteiger partial charge in [-0.25, -0.2) is 0 Å². The van der Waals surface area contributed by atoms with Gasteiger partial charge in [-0.2, -0.15) is 13.2 Å². The second kappa shape index (κ2) is 8.20. The Bertz CT molecular complexity index is 822. The summed E-state index contributed by atoms with van der Waals surface area (Å²) in [6, 6.07) is 7.25. The van der Waals surface area contributed by atoms with E-state index in [2.05, 4.69) is 10.6 Å². The zero-order valence-electron chi connectivity index (χ0n) is 15.4. The van der Waals surface area contributed by atoms with Crippen LogP contribution in [0.25, 0.3) is 0 Å². The number of halogens is 3. The summed E-state index contributed by atoms with van der Waals surface area (Å²) in [5.74, 6) is 0.584. The maximum atomic E-state index is 12.8. The number of hydrogen-bond donors (Lipinski definition) is 2. The van der Waals surface area contributed by atoms with Crippen LogP contribution in [0.4, 0.5) is 24.5 Å². The quantitative estimate of drug-likeness (QED) is 0.774. The van der Waals surface area contributed by atoms with Crippen molar-refractivity contribution in [3.63, 3.8) is 0 Å². The zero-order valence-corrected chi connectivity index (χ0v) is 15.4. The van der Waals surface area contributed by atoms with Crippen LogP contribution in [0.3, 0.4) is 0 Å². The van der Waals surface area contributed by atoms with Crippen molar-refractivity contribution in [1.82, 2.24) is 0 Å². The number of benzene rings is 2. The molecule has 2 rings (SSSR count). The van der Waals surface area contributed by atoms with Crippen LogP contribution in [0.1, 0.15) is 18.1 Å². The normalized spacial score (nSPS) is 12.3. The Morgan fingerprint density at radius 1 is 1.07 bits per heavy atom. The van der Waals surface area contributed by atoms with Gasteiger partial charge in [0.25, 0.3) is 0 Å². The smallest absolute Gasteiger partial charge is 0.416 e. The maximum Gasteiger partial charge on any atom is 0.416 e. The summed E-state index contributed by atoms with van der Waals surface area (Å²) in [6.45, 7) is 3.45. The Kier molecular flexibility index (Phi) is 6.20. The van der Waals surface area contributed by atoms with Crippen LogP contribution in [0, 0.1) is 6.92 Å². The highest BCUT2D eigenvalue weighted by atomic mass is 19.4. The average molecular weight is 382 g/mol. The van der Waals surface area contributed by atoms with Crippen LogP contribution in [0.2, 0.25) is 0 Å². The molecule has 0 saturated heterocycles. The molecule has 0 radical (unpaired) electrons. The van der Waals surface area contributed by atoms with Gasteiger partial charge in [0.15, 0.2) is 11.5 Å². The van der Waals surface area contributed by atoms with E-state index in [1.165, 1.54) is 26.4 Å². The summed E-state index contributed by atoms with van der Waals surface area (Å²) in [7, 11) is 3.02. The topological polar surface area (TPSA) is 59.6 Å². The van der Waals surface area contributed by atoms with E-state index in [1.807, 2.05) is 6.92 Å². The highest BCUT2D eigenvalue weighted by Crippen LogP contribution is 2.33. The van der Waals surface area contributed by atoms with E-state index in [-0.39, 0.29) is 5.69 Å². The summed E-state index contributed by atoms with van der Waals surface area (Å²) in [6.07, 6.45) is -4.47. The first-order chi connectivity index (χ1) is 12.7. The fourth-order valence-corrected chi connectivity index (χ4v) is 2.46. The Morgan fingerprint density at radius 3 is 2.30 bits per heavy atom. The van der Waals surface area contributed by atoms with Crippen molar-refractivity contribution in [3.05, 3.63) is 47.5 Å². The maximum absolute atomic E-state index is 12.8. The third-order valence-electron chi connectivity index (χ3n) is 3.95. The summed E-state index contributed by atoms with van der Waals surface area (Å²) in [5.41, 5.74) is 0.731. The molecule has 0 heterocycles. The fourth-order valence-electron chi connectivity index (χ4n) is 2.46. The molecular formula is C19H21F3N2O3. The molecular weight excluding hydrogens is 361 g/mol. The van der Waals surface area contributed by atoms with E-state index in [0.717, 1.165) is 17.7 Å². The molecule has 2 N–H and O–H groups in total. The molecule has 0 aliphatic rings. The molecule has 0 fully saturated rings. The van der Waals surface area contributed by atoms with Crippen LogP contribution in [-0.2, 0) is 11.0 Å². The van der Waals surface area contributed by atoms with Gasteiger partial charge >= 0.3 is 6.18 Å². The summed E-state index contributed by atoms with van der Waals surface area (Å²) < 4.78 is 48.8. The van der Waals surface area contributed by atoms with Gasteiger partial charge < -0.3 is 20.1 Å². The number of nitrogens with one attached hydrogen (secondary N) is 2. The molecule has 1 atom stereocenters. The van der Waals surface area contributed by atoms with E-state index in [0.29, 0.717) is 17.2 Å². The summed E-state index contributed by atoms with van der Waals surface area (Å²) >= 11 is 0. The van der Waals surface area contributed by atoms with Gasteiger partial charge in [0, 0.05) is 17.4 Å². The minimum absolute atomic E-state index is 0.0764. The Hall–Kier alpha value is -2.90. The van der Waals surface area contributed by atoms with E-state index >= 15 is 0 Å². The summed E-state index contributed by atoms with van der Waals surface area (Å²) in [4.78, 5) is 12.4. The molecule has 0 aromatic heterocycles. The first-order valence-corrected chi connectivity index (χ1v) is 8.13. The number of anilines is 2. The van der Waals surface area contributed by atoms with Gasteiger partial charge in [0.1, 0.15) is 6.04 Å². The van der Waals surface area contributed by atoms with Gasteiger partial charge in [0.05, 0.1) is 19.8 Å². The number of aryl methyl sites for hydroxylation is 1. The number of carbonyl (C=O) groups is 1. The Balaban J connectivity index is 2.13. The molecule has 27 heavy (non-hydrogen) atoms. The zero-order chi connectivity index (χ0) is 20.2. The number of ether oxygens (including phenoxy) is 2. The molecule has 0 unspecified atom stereocenters. The number of hydrogen-bond acceptors (Lipinski definition) is 4. The van der Waals surface area contributed by atoms with Crippen LogP contribution < -0.4 is 20.1 Å². The first-order valence-electron chi connectivity index (χ1n) is 8.13. The van der Waals surface area contributed by atoms with Crippen molar-refractivity contribution in [1.29, 1.82) is 0 Å². The standard InChI is InChI=1S/C19H21F3N2O3/c1-11-8-16(26-3)17(27-4)10-15(11)23-12(2)18(25)24-14-7-5-6-13(9-14)19(20,21)22/h5-10,12,23H,1-4H3,(H,24,25)/t12-/m0/s1. The van der Waals surface area contributed by atoms with E-state index < -0.39 is 23.7 Å². The van der Waals surface area contributed by atoms with Crippen molar-refractivity contribution >= 4 is 17.3 Å². The van der Waals surface area contributed by atoms with Gasteiger partial charge in [-0.1, -0.05) is 6.07 Å². The molecule has 0 spiro atoms. The highest BCUT2D eigenvalue weighted by Gasteiger charge is 2.30. The van der Waals surface area contributed by atoms with Gasteiger partial charge in [-0.05, 0) is 43.7 Å². The Morgan fingerprint density at radius 2 is 1.70 bits per heavy atom. The SMILES string of the molecule is COc1cc(C)c(N[C@@H](C)C(=O)Nc2cccc(C(F)(F)F)c2)cc1OC. The van der Waals surface area contributed by atoms with Crippen molar-refractivity contribution in [2.75, 3.05) is 24.9 Å². The molecule has 0 bridgehead atoms. The van der Waals surface area contributed by atoms with E-state index in [9.17, 15) is 18.0 Å². The number of alkyl halides is 3. The lowest BCUT2D eigenvalue weighted by atomic mass is 10.1. The summed E-state index contributed by atoms with van der Waals surface area (Å²) in [5, 5.41) is 5.52. The van der Waals surface area contributed by atoms with Crippen LogP contribution in [0.15, 0.2) is 36.4 Å². The molecule has 146 valence electrons. The third-order valence-corrected chi connectivity index (χ3v) is 3.95. The van der Waals surface area contributed by atoms with Gasteiger partial charge in [0.2, 0.25) is 5.91 Å². The van der Waals surface area contributed by atoms with Crippen LogP contribution in [0.5, 0.6) is 11.5 Å². The lowest BCUT2D eigenvalue weighted by Crippen LogP contribution is -2.32. The number of carbonyl (C=O) groups excluding carboxylic acids is 1. The van der Waals surface area contributed by atoms with E-state index in [1.54, 1.807) is 19.1 Å². The predicted molar refractivity (Wildman–Crippen MR) is 97.4 cm³/mol. The minimum Gasteiger partial charge on any atom is -0.493 e. The van der Waals surface area contributed by atoms with Crippen molar-refractivity contribution in [2.45, 2.75) is 26.1 Å². The molecule has 0 aliphatic heterocycles. The van der Waals surface area contributed by atoms with Crippen molar-refractivity contribution in [3.8, 4) is 11.5 Å². The third kappa shape index (κ3) is 5.06. The van der Waals surface area contributed by atoms with Crippen molar-refractivity contribution < 1.29 is 27.4 Å². The highest BCUT2D eigenvalue weighted by molar-refractivity contribution is 5.96. The molecule has 2 aromatic rings. The number of amides is 1. The monoisotopic (exact) mass is 382 g/mol. The average Bonchev–Trinajstić information content (AvgIpc) is 2.62. The fraction of sp³-hybridized carbons (Fsp3) is 0.316. The number of rotatable bonds is 6. The lowest BCUT2D eigenvalue weighted by molar-refractivity contribution is -0.137. The second-order valence-corrected chi connectivity index (χ2v) is 5.96. The molecule has 8 heteroatoms. The van der Waals surface area contributed by atoms with E-state index in [4.69, 9.17) is 9.47 Å².